The first kappa shape index (κ1) is 21.5. The van der Waals surface area contributed by atoms with Gasteiger partial charge in [-0.15, -0.1) is 22.7 Å². The Bertz CT molecular complexity index is 1390. The molecule has 0 amide bonds. The zero-order valence-corrected chi connectivity index (χ0v) is 19.8. The summed E-state index contributed by atoms with van der Waals surface area (Å²) in [6.45, 7) is 3.97. The second-order valence-corrected chi connectivity index (χ2v) is 11.7. The van der Waals surface area contributed by atoms with Crippen molar-refractivity contribution in [3.05, 3.63) is 69.4 Å². The van der Waals surface area contributed by atoms with Crippen LogP contribution in [0, 0.1) is 0 Å². The largest absolute Gasteiger partial charge is 0.309 e. The van der Waals surface area contributed by atoms with Gasteiger partial charge in [-0.1, -0.05) is 36.4 Å². The summed E-state index contributed by atoms with van der Waals surface area (Å²) in [7, 11) is -3.44. The number of fused-ring (bicyclic) bond motifs is 1. The highest BCUT2D eigenvalue weighted by Crippen LogP contribution is 2.31. The molecular weight excluding hydrogens is 464 g/mol. The zero-order chi connectivity index (χ0) is 22.3. The van der Waals surface area contributed by atoms with Crippen molar-refractivity contribution in [1.82, 2.24) is 19.2 Å². The van der Waals surface area contributed by atoms with Crippen LogP contribution in [-0.4, -0.2) is 53.8 Å². The number of aromatic nitrogens is 2. The van der Waals surface area contributed by atoms with Crippen LogP contribution in [0.15, 0.2) is 62.2 Å². The molecule has 166 valence electrons. The molecule has 4 aromatic rings. The molecule has 5 rings (SSSR count). The molecule has 10 heteroatoms. The molecule has 1 fully saturated rings. The van der Waals surface area contributed by atoms with E-state index in [0.29, 0.717) is 46.4 Å². The lowest BCUT2D eigenvalue weighted by atomic mass is 10.1. The second kappa shape index (κ2) is 8.53. The fraction of sp³-hybridized carbons (Fsp3) is 0.273. The van der Waals surface area contributed by atoms with Gasteiger partial charge < -0.3 is 4.98 Å². The predicted molar refractivity (Wildman–Crippen MR) is 129 cm³/mol. The van der Waals surface area contributed by atoms with E-state index in [9.17, 15) is 13.2 Å². The number of H-pyrrole nitrogens is 1. The maximum Gasteiger partial charge on any atom is 0.260 e. The molecule has 3 aromatic heterocycles. The lowest BCUT2D eigenvalue weighted by Crippen LogP contribution is -2.49. The van der Waals surface area contributed by atoms with Gasteiger partial charge >= 0.3 is 0 Å². The molecule has 0 radical (unpaired) electrons. The van der Waals surface area contributed by atoms with Crippen LogP contribution in [0.5, 0.6) is 0 Å². The summed E-state index contributed by atoms with van der Waals surface area (Å²) in [5.74, 6) is 0.610. The molecule has 4 heterocycles. The van der Waals surface area contributed by atoms with Crippen molar-refractivity contribution in [1.29, 1.82) is 0 Å². The Kier molecular flexibility index (Phi) is 5.72. The monoisotopic (exact) mass is 486 g/mol. The smallest absolute Gasteiger partial charge is 0.260 e. The molecule has 0 saturated carbocycles. The van der Waals surface area contributed by atoms with Crippen molar-refractivity contribution in [2.24, 2.45) is 0 Å². The molecule has 1 aliphatic heterocycles. The number of sulfonamides is 1. The molecule has 1 aromatic carbocycles. The van der Waals surface area contributed by atoms with Gasteiger partial charge in [-0.25, -0.2) is 13.4 Å². The summed E-state index contributed by atoms with van der Waals surface area (Å²) >= 11 is 2.71. The van der Waals surface area contributed by atoms with Crippen LogP contribution < -0.4 is 5.56 Å². The van der Waals surface area contributed by atoms with Crippen molar-refractivity contribution in [3.8, 4) is 11.1 Å². The molecule has 0 spiro atoms. The fourth-order valence-corrected chi connectivity index (χ4v) is 7.56. The number of thiophene rings is 2. The quantitative estimate of drug-likeness (QED) is 0.464. The molecular formula is C22H22N4O3S3. The van der Waals surface area contributed by atoms with E-state index in [4.69, 9.17) is 4.98 Å². The van der Waals surface area contributed by atoms with Gasteiger partial charge in [0.25, 0.3) is 15.6 Å². The number of piperazine rings is 1. The number of nitrogens with zero attached hydrogens (tertiary/aromatic N) is 3. The SMILES string of the molecule is CC(c1nc2scc(-c3ccccc3)c2c(=O)[nH]1)N1CCN(S(=O)(=O)c2cccs2)CC1. The van der Waals surface area contributed by atoms with E-state index in [1.54, 1.807) is 17.5 Å². The average molecular weight is 487 g/mol. The van der Waals surface area contributed by atoms with Crippen molar-refractivity contribution in [3.63, 3.8) is 0 Å². The molecule has 32 heavy (non-hydrogen) atoms. The van der Waals surface area contributed by atoms with Crippen LogP contribution in [0.3, 0.4) is 0 Å². The average Bonchev–Trinajstić information content (AvgIpc) is 3.50. The third-order valence-electron chi connectivity index (χ3n) is 5.85. The first-order valence-corrected chi connectivity index (χ1v) is 13.5. The van der Waals surface area contributed by atoms with E-state index in [1.165, 1.54) is 27.0 Å². The normalized spacial score (nSPS) is 17.0. The molecule has 0 bridgehead atoms. The molecule has 0 aliphatic carbocycles. The van der Waals surface area contributed by atoms with Gasteiger partial charge in [-0.3, -0.25) is 9.69 Å². The van der Waals surface area contributed by atoms with Crippen LogP contribution in [0.25, 0.3) is 21.3 Å². The lowest BCUT2D eigenvalue weighted by molar-refractivity contribution is 0.141. The van der Waals surface area contributed by atoms with E-state index in [0.717, 1.165) is 11.1 Å². The van der Waals surface area contributed by atoms with Gasteiger partial charge in [-0.2, -0.15) is 4.31 Å². The minimum Gasteiger partial charge on any atom is -0.309 e. The van der Waals surface area contributed by atoms with Gasteiger partial charge in [0.05, 0.1) is 11.4 Å². The van der Waals surface area contributed by atoms with E-state index < -0.39 is 10.0 Å². The van der Waals surface area contributed by atoms with Crippen molar-refractivity contribution in [2.75, 3.05) is 26.2 Å². The molecule has 1 atom stereocenters. The Hall–Kier alpha value is -2.37. The first-order chi connectivity index (χ1) is 15.4. The minimum atomic E-state index is -3.44. The molecule has 1 unspecified atom stereocenters. The molecule has 7 nitrogen and oxygen atoms in total. The third-order valence-corrected chi connectivity index (χ3v) is 10.00. The topological polar surface area (TPSA) is 86.4 Å². The Labute approximate surface area is 194 Å². The summed E-state index contributed by atoms with van der Waals surface area (Å²) in [6, 6.07) is 13.1. The van der Waals surface area contributed by atoms with Gasteiger partial charge in [0.15, 0.2) is 0 Å². The number of nitrogens with one attached hydrogen (secondary N) is 1. The standard InChI is InChI=1S/C22H22N4O3S3/c1-15(25-9-11-26(12-10-25)32(28,29)18-8-5-13-30-18)20-23-21(27)19-17(14-31-22(19)24-20)16-6-3-2-4-7-16/h2-8,13-15H,9-12H2,1H3,(H,23,24,27). The van der Waals surface area contributed by atoms with E-state index >= 15 is 0 Å². The predicted octanol–water partition coefficient (Wildman–Crippen LogP) is 3.78. The molecule has 1 aliphatic rings. The number of hydrogen-bond donors (Lipinski definition) is 1. The van der Waals surface area contributed by atoms with Gasteiger partial charge in [-0.05, 0) is 23.9 Å². The van der Waals surface area contributed by atoms with Crippen LogP contribution in [0.4, 0.5) is 0 Å². The summed E-state index contributed by atoms with van der Waals surface area (Å²) in [5, 5.41) is 4.37. The van der Waals surface area contributed by atoms with Crippen LogP contribution in [-0.2, 0) is 10.0 Å². The highest BCUT2D eigenvalue weighted by atomic mass is 32.2. The van der Waals surface area contributed by atoms with Crippen LogP contribution in [0.2, 0.25) is 0 Å². The minimum absolute atomic E-state index is 0.124. The lowest BCUT2D eigenvalue weighted by Gasteiger charge is -2.36. The second-order valence-electron chi connectivity index (χ2n) is 7.69. The van der Waals surface area contributed by atoms with Crippen LogP contribution in [0.1, 0.15) is 18.8 Å². The van der Waals surface area contributed by atoms with Crippen molar-refractivity contribution in [2.45, 2.75) is 17.2 Å². The maximum absolute atomic E-state index is 13.0. The molecule has 1 saturated heterocycles. The van der Waals surface area contributed by atoms with Crippen molar-refractivity contribution < 1.29 is 8.42 Å². The molecule has 1 N–H and O–H groups in total. The van der Waals surface area contributed by atoms with E-state index in [1.807, 2.05) is 42.6 Å². The van der Waals surface area contributed by atoms with Gasteiger partial charge in [0.1, 0.15) is 14.9 Å². The number of aromatic amines is 1. The Morgan fingerprint density at radius 3 is 2.47 bits per heavy atom. The number of rotatable bonds is 5. The summed E-state index contributed by atoms with van der Waals surface area (Å²) in [5.41, 5.74) is 1.75. The first-order valence-electron chi connectivity index (χ1n) is 10.3. The highest BCUT2D eigenvalue weighted by Gasteiger charge is 2.31. The Morgan fingerprint density at radius 1 is 1.03 bits per heavy atom. The van der Waals surface area contributed by atoms with Crippen molar-refractivity contribution >= 4 is 42.9 Å². The Balaban J connectivity index is 1.36. The van der Waals surface area contributed by atoms with E-state index in [2.05, 4.69) is 9.88 Å². The fourth-order valence-electron chi connectivity index (χ4n) is 4.04. The zero-order valence-electron chi connectivity index (χ0n) is 17.4. The maximum atomic E-state index is 13.0. The van der Waals surface area contributed by atoms with Gasteiger partial charge in [0, 0.05) is 37.1 Å². The summed E-state index contributed by atoms with van der Waals surface area (Å²) in [6.07, 6.45) is 0. The number of benzene rings is 1. The van der Waals surface area contributed by atoms with Gasteiger partial charge in [0.2, 0.25) is 0 Å². The summed E-state index contributed by atoms with van der Waals surface area (Å²) in [4.78, 5) is 23.6. The van der Waals surface area contributed by atoms with Crippen LogP contribution >= 0.6 is 22.7 Å². The number of hydrogen-bond acceptors (Lipinski definition) is 7. The van der Waals surface area contributed by atoms with E-state index in [-0.39, 0.29) is 11.6 Å². The highest BCUT2D eigenvalue weighted by molar-refractivity contribution is 7.91. The summed E-state index contributed by atoms with van der Waals surface area (Å²) < 4.78 is 27.4. The third kappa shape index (κ3) is 3.82. The Morgan fingerprint density at radius 2 is 1.78 bits per heavy atom.